The molecule has 6 heteroatoms. The highest BCUT2D eigenvalue weighted by Gasteiger charge is 2.36. The molecule has 1 aliphatic rings. The maximum absolute atomic E-state index is 12.3. The van der Waals surface area contributed by atoms with E-state index in [4.69, 9.17) is 0 Å². The molecule has 1 heterocycles. The van der Waals surface area contributed by atoms with Crippen molar-refractivity contribution in [1.29, 1.82) is 0 Å². The van der Waals surface area contributed by atoms with Crippen molar-refractivity contribution in [2.75, 3.05) is 6.54 Å². The number of hydrogen-bond donors (Lipinski definition) is 2. The number of carbonyl (C=O) groups is 3. The summed E-state index contributed by atoms with van der Waals surface area (Å²) in [5.41, 5.74) is 1.79. The van der Waals surface area contributed by atoms with E-state index in [1.165, 1.54) is 0 Å². The highest BCUT2D eigenvalue weighted by molar-refractivity contribution is 6.00. The fourth-order valence-electron chi connectivity index (χ4n) is 2.92. The summed E-state index contributed by atoms with van der Waals surface area (Å²) >= 11 is 0. The number of aliphatic hydroxyl groups is 1. The molecule has 128 valence electrons. The number of benzene rings is 2. The fraction of sp³-hybridized carbons (Fsp3) is 0.211. The average molecular weight is 338 g/mol. The zero-order valence-corrected chi connectivity index (χ0v) is 13.5. The molecule has 2 aromatic rings. The number of aliphatic hydroxyl groups excluding tert-OH is 1. The van der Waals surface area contributed by atoms with E-state index in [1.54, 1.807) is 24.3 Å². The molecule has 2 amide bonds. The maximum atomic E-state index is 12.3. The van der Waals surface area contributed by atoms with Crippen LogP contribution in [-0.2, 0) is 16.0 Å². The van der Waals surface area contributed by atoms with E-state index < -0.39 is 24.1 Å². The van der Waals surface area contributed by atoms with Crippen molar-refractivity contribution in [2.24, 2.45) is 0 Å². The number of nitrogens with one attached hydrogen (secondary N) is 1. The molecule has 6 nitrogen and oxygen atoms in total. The third kappa shape index (κ3) is 3.59. The highest BCUT2D eigenvalue weighted by atomic mass is 16.3. The molecule has 25 heavy (non-hydrogen) atoms. The van der Waals surface area contributed by atoms with Gasteiger partial charge >= 0.3 is 0 Å². The number of fused-ring (bicyclic) bond motifs is 1. The standard InChI is InChI=1S/C19H18N2O4/c22-12-14(10-13-6-2-1-3-7-13)20-17(23)11-21-18(24)15-8-4-5-9-16(15)19(21)25/h1-9,12,14,18,24H,10-11H2,(H,20,23). The Bertz CT molecular complexity index is 791. The van der Waals surface area contributed by atoms with Gasteiger partial charge in [-0.3, -0.25) is 14.5 Å². The molecular weight excluding hydrogens is 320 g/mol. The Balaban J connectivity index is 1.62. The lowest BCUT2D eigenvalue weighted by Crippen LogP contribution is -2.44. The highest BCUT2D eigenvalue weighted by Crippen LogP contribution is 2.30. The van der Waals surface area contributed by atoms with E-state index >= 15 is 0 Å². The zero-order chi connectivity index (χ0) is 17.8. The first-order valence-corrected chi connectivity index (χ1v) is 7.96. The minimum absolute atomic E-state index is 0.312. The summed E-state index contributed by atoms with van der Waals surface area (Å²) < 4.78 is 0. The minimum Gasteiger partial charge on any atom is -0.369 e. The van der Waals surface area contributed by atoms with Gasteiger partial charge in [0.2, 0.25) is 5.91 Å². The number of nitrogens with zero attached hydrogens (tertiary/aromatic N) is 1. The van der Waals surface area contributed by atoms with Gasteiger partial charge in [-0.1, -0.05) is 48.5 Å². The minimum atomic E-state index is -1.15. The summed E-state index contributed by atoms with van der Waals surface area (Å²) in [6, 6.07) is 15.3. The van der Waals surface area contributed by atoms with Crippen molar-refractivity contribution in [3.05, 3.63) is 71.3 Å². The summed E-state index contributed by atoms with van der Waals surface area (Å²) in [5, 5.41) is 12.8. The molecule has 1 aliphatic heterocycles. The van der Waals surface area contributed by atoms with Crippen LogP contribution in [0.2, 0.25) is 0 Å². The molecule has 3 rings (SSSR count). The number of aldehydes is 1. The van der Waals surface area contributed by atoms with Crippen LogP contribution >= 0.6 is 0 Å². The first kappa shape index (κ1) is 16.9. The molecule has 0 saturated carbocycles. The quantitative estimate of drug-likeness (QED) is 0.771. The Morgan fingerprint density at radius 3 is 2.52 bits per heavy atom. The molecule has 2 unspecified atom stereocenters. The predicted octanol–water partition coefficient (Wildman–Crippen LogP) is 1.06. The van der Waals surface area contributed by atoms with Gasteiger partial charge in [0.05, 0.1) is 6.04 Å². The van der Waals surface area contributed by atoms with Crippen LogP contribution in [0.25, 0.3) is 0 Å². The summed E-state index contributed by atoms with van der Waals surface area (Å²) in [6.07, 6.45) is -0.118. The SMILES string of the molecule is O=CC(Cc1ccccc1)NC(=O)CN1C(=O)c2ccccc2C1O. The number of hydrogen-bond acceptors (Lipinski definition) is 4. The number of amides is 2. The summed E-state index contributed by atoms with van der Waals surface area (Å²) in [4.78, 5) is 36.9. The molecule has 2 atom stereocenters. The van der Waals surface area contributed by atoms with Gasteiger partial charge in [-0.2, -0.15) is 0 Å². The Morgan fingerprint density at radius 2 is 1.84 bits per heavy atom. The number of rotatable bonds is 6. The molecule has 0 spiro atoms. The van der Waals surface area contributed by atoms with Crippen molar-refractivity contribution in [3.63, 3.8) is 0 Å². The summed E-state index contributed by atoms with van der Waals surface area (Å²) in [6.45, 7) is -0.312. The van der Waals surface area contributed by atoms with Gasteiger partial charge < -0.3 is 15.2 Å². The van der Waals surface area contributed by atoms with E-state index in [-0.39, 0.29) is 6.54 Å². The topological polar surface area (TPSA) is 86.7 Å². The maximum Gasteiger partial charge on any atom is 0.257 e. The van der Waals surface area contributed by atoms with Crippen LogP contribution < -0.4 is 5.32 Å². The molecule has 0 fully saturated rings. The molecule has 2 aromatic carbocycles. The monoisotopic (exact) mass is 338 g/mol. The second-order valence-electron chi connectivity index (χ2n) is 5.89. The van der Waals surface area contributed by atoms with Gasteiger partial charge in [0.1, 0.15) is 12.8 Å². The first-order valence-electron chi connectivity index (χ1n) is 7.96. The van der Waals surface area contributed by atoms with Crippen LogP contribution in [0.4, 0.5) is 0 Å². The van der Waals surface area contributed by atoms with E-state index in [9.17, 15) is 19.5 Å². The van der Waals surface area contributed by atoms with Crippen molar-refractivity contribution in [2.45, 2.75) is 18.7 Å². The van der Waals surface area contributed by atoms with Crippen LogP contribution in [0.15, 0.2) is 54.6 Å². The lowest BCUT2D eigenvalue weighted by molar-refractivity contribution is -0.126. The van der Waals surface area contributed by atoms with E-state index in [0.717, 1.165) is 10.5 Å². The third-order valence-corrected chi connectivity index (χ3v) is 4.15. The smallest absolute Gasteiger partial charge is 0.257 e. The van der Waals surface area contributed by atoms with Gasteiger partial charge in [0, 0.05) is 11.1 Å². The van der Waals surface area contributed by atoms with Crippen molar-refractivity contribution in [3.8, 4) is 0 Å². The van der Waals surface area contributed by atoms with Gasteiger partial charge in [-0.05, 0) is 18.1 Å². The van der Waals surface area contributed by atoms with Crippen LogP contribution in [0.5, 0.6) is 0 Å². The van der Waals surface area contributed by atoms with Crippen molar-refractivity contribution >= 4 is 18.1 Å². The Morgan fingerprint density at radius 1 is 1.16 bits per heavy atom. The molecule has 2 N–H and O–H groups in total. The molecule has 0 aliphatic carbocycles. The van der Waals surface area contributed by atoms with E-state index in [2.05, 4.69) is 5.32 Å². The average Bonchev–Trinajstić information content (AvgIpc) is 2.87. The largest absolute Gasteiger partial charge is 0.369 e. The lowest BCUT2D eigenvalue weighted by atomic mass is 10.1. The van der Waals surface area contributed by atoms with Crippen LogP contribution in [0, 0.1) is 0 Å². The van der Waals surface area contributed by atoms with Crippen LogP contribution in [0.1, 0.15) is 27.7 Å². The summed E-state index contributed by atoms with van der Waals surface area (Å²) in [5.74, 6) is -0.891. The second kappa shape index (κ2) is 7.27. The lowest BCUT2D eigenvalue weighted by Gasteiger charge is -2.21. The fourth-order valence-corrected chi connectivity index (χ4v) is 2.92. The van der Waals surface area contributed by atoms with Gasteiger partial charge in [-0.15, -0.1) is 0 Å². The van der Waals surface area contributed by atoms with Gasteiger partial charge in [0.25, 0.3) is 5.91 Å². The normalized spacial score (nSPS) is 17.1. The molecule has 0 bridgehead atoms. The van der Waals surface area contributed by atoms with Gasteiger partial charge in [0.15, 0.2) is 6.23 Å². The first-order chi connectivity index (χ1) is 12.1. The Hall–Kier alpha value is -2.99. The van der Waals surface area contributed by atoms with Gasteiger partial charge in [-0.25, -0.2) is 0 Å². The second-order valence-corrected chi connectivity index (χ2v) is 5.89. The Labute approximate surface area is 145 Å². The molecular formula is C19H18N2O4. The summed E-state index contributed by atoms with van der Waals surface area (Å²) in [7, 11) is 0. The molecule has 0 aromatic heterocycles. The number of carbonyl (C=O) groups excluding carboxylic acids is 3. The van der Waals surface area contributed by atoms with Crippen molar-refractivity contribution in [1.82, 2.24) is 10.2 Å². The van der Waals surface area contributed by atoms with Crippen LogP contribution in [0.3, 0.4) is 0 Å². The zero-order valence-electron chi connectivity index (χ0n) is 13.5. The predicted molar refractivity (Wildman–Crippen MR) is 90.6 cm³/mol. The third-order valence-electron chi connectivity index (χ3n) is 4.15. The van der Waals surface area contributed by atoms with Crippen molar-refractivity contribution < 1.29 is 19.5 Å². The molecule has 0 radical (unpaired) electrons. The van der Waals surface area contributed by atoms with Crippen LogP contribution in [-0.4, -0.2) is 40.7 Å². The molecule has 0 saturated heterocycles. The van der Waals surface area contributed by atoms with E-state index in [0.29, 0.717) is 23.8 Å². The Kier molecular flexibility index (Phi) is 4.90. The van der Waals surface area contributed by atoms with E-state index in [1.807, 2.05) is 30.3 Å².